The zero-order valence-electron chi connectivity index (χ0n) is 13.3. The first kappa shape index (κ1) is 18.3. The smallest absolute Gasteiger partial charge is 0.264 e. The van der Waals surface area contributed by atoms with Gasteiger partial charge in [-0.25, -0.2) is 14.3 Å². The van der Waals surface area contributed by atoms with Crippen molar-refractivity contribution < 1.29 is 13.2 Å². The molecule has 0 fully saturated rings. The molecule has 0 bridgehead atoms. The third kappa shape index (κ3) is 3.69. The molecule has 6 nitrogen and oxygen atoms in total. The van der Waals surface area contributed by atoms with Gasteiger partial charge in [-0.1, -0.05) is 35.4 Å². The topological polar surface area (TPSA) is 92.5 Å². The van der Waals surface area contributed by atoms with Crippen LogP contribution < -0.4 is 15.6 Å². The van der Waals surface area contributed by atoms with Crippen LogP contribution in [0.2, 0.25) is 5.02 Å². The number of nitrogens with one attached hydrogen (secondary N) is 1. The van der Waals surface area contributed by atoms with Gasteiger partial charge in [-0.15, -0.1) is 0 Å². The standard InChI is InChI=1S/C16H18ClN3O3S/c1-11-6-8-13(9-7-11)24(22,23)20(10-16(21)19-18)15-5-3-4-14(17)12(15)2/h3-9H,10,18H2,1-2H3,(H,19,21). The van der Waals surface area contributed by atoms with E-state index in [0.29, 0.717) is 16.3 Å². The lowest BCUT2D eigenvalue weighted by molar-refractivity contribution is -0.119. The van der Waals surface area contributed by atoms with Crippen LogP contribution in [0.4, 0.5) is 5.69 Å². The highest BCUT2D eigenvalue weighted by Crippen LogP contribution is 2.30. The number of carbonyl (C=O) groups excluding carboxylic acids is 1. The van der Waals surface area contributed by atoms with E-state index >= 15 is 0 Å². The van der Waals surface area contributed by atoms with E-state index in [4.69, 9.17) is 17.4 Å². The van der Waals surface area contributed by atoms with Crippen molar-refractivity contribution >= 4 is 33.2 Å². The number of sulfonamides is 1. The van der Waals surface area contributed by atoms with Gasteiger partial charge in [0.05, 0.1) is 10.6 Å². The summed E-state index contributed by atoms with van der Waals surface area (Å²) in [4.78, 5) is 11.8. The van der Waals surface area contributed by atoms with Crippen LogP contribution in [0.3, 0.4) is 0 Å². The Balaban J connectivity index is 2.59. The number of hydrogen-bond donors (Lipinski definition) is 2. The first-order valence-corrected chi connectivity index (χ1v) is 8.93. The van der Waals surface area contributed by atoms with Crippen molar-refractivity contribution in [1.29, 1.82) is 0 Å². The molecule has 2 aromatic carbocycles. The average Bonchev–Trinajstić information content (AvgIpc) is 2.55. The molecule has 2 rings (SSSR count). The van der Waals surface area contributed by atoms with E-state index in [1.54, 1.807) is 37.3 Å². The van der Waals surface area contributed by atoms with Crippen molar-refractivity contribution in [2.24, 2.45) is 5.84 Å². The predicted octanol–water partition coefficient (Wildman–Crippen LogP) is 2.14. The maximum atomic E-state index is 13.0. The van der Waals surface area contributed by atoms with Crippen LogP contribution in [0.15, 0.2) is 47.4 Å². The number of hydrazine groups is 1. The summed E-state index contributed by atoms with van der Waals surface area (Å²) in [5.41, 5.74) is 3.76. The van der Waals surface area contributed by atoms with Crippen LogP contribution in [-0.2, 0) is 14.8 Å². The summed E-state index contributed by atoms with van der Waals surface area (Å²) in [6.07, 6.45) is 0. The summed E-state index contributed by atoms with van der Waals surface area (Å²) in [5.74, 6) is 4.49. The van der Waals surface area contributed by atoms with Crippen molar-refractivity contribution in [2.75, 3.05) is 10.8 Å². The van der Waals surface area contributed by atoms with Gasteiger partial charge in [0.15, 0.2) is 0 Å². The molecule has 8 heteroatoms. The third-order valence-corrected chi connectivity index (χ3v) is 5.75. The van der Waals surface area contributed by atoms with Gasteiger partial charge < -0.3 is 0 Å². The number of benzene rings is 2. The Labute approximate surface area is 146 Å². The van der Waals surface area contributed by atoms with Gasteiger partial charge in [-0.3, -0.25) is 14.5 Å². The SMILES string of the molecule is Cc1ccc(S(=O)(=O)N(CC(=O)NN)c2cccc(Cl)c2C)cc1. The van der Waals surface area contributed by atoms with Crippen molar-refractivity contribution in [3.63, 3.8) is 0 Å². The molecule has 128 valence electrons. The number of anilines is 1. The summed E-state index contributed by atoms with van der Waals surface area (Å²) < 4.78 is 27.0. The lowest BCUT2D eigenvalue weighted by Gasteiger charge is -2.25. The number of amides is 1. The maximum Gasteiger partial charge on any atom is 0.264 e. The molecule has 2 aromatic rings. The molecular weight excluding hydrogens is 350 g/mol. The maximum absolute atomic E-state index is 13.0. The van der Waals surface area contributed by atoms with Crippen LogP contribution in [0.5, 0.6) is 0 Å². The molecule has 0 aliphatic rings. The lowest BCUT2D eigenvalue weighted by atomic mass is 10.2. The highest BCUT2D eigenvalue weighted by molar-refractivity contribution is 7.92. The number of carbonyl (C=O) groups is 1. The van der Waals surface area contributed by atoms with E-state index in [9.17, 15) is 13.2 Å². The van der Waals surface area contributed by atoms with Gasteiger partial charge in [0.25, 0.3) is 15.9 Å². The molecule has 1 amide bonds. The van der Waals surface area contributed by atoms with E-state index in [0.717, 1.165) is 9.87 Å². The zero-order chi connectivity index (χ0) is 17.9. The van der Waals surface area contributed by atoms with Crippen LogP contribution >= 0.6 is 11.6 Å². The van der Waals surface area contributed by atoms with Crippen LogP contribution in [0, 0.1) is 13.8 Å². The zero-order valence-corrected chi connectivity index (χ0v) is 14.9. The summed E-state index contributed by atoms with van der Waals surface area (Å²) in [7, 11) is -3.96. The van der Waals surface area contributed by atoms with Gasteiger partial charge in [-0.2, -0.15) is 0 Å². The molecule has 0 spiro atoms. The Morgan fingerprint density at radius 3 is 2.38 bits per heavy atom. The summed E-state index contributed by atoms with van der Waals surface area (Å²) >= 11 is 6.10. The van der Waals surface area contributed by atoms with Crippen molar-refractivity contribution in [3.05, 3.63) is 58.6 Å². The molecule has 24 heavy (non-hydrogen) atoms. The second-order valence-electron chi connectivity index (χ2n) is 5.28. The number of halogens is 1. The summed E-state index contributed by atoms with van der Waals surface area (Å²) in [6, 6.07) is 11.3. The molecule has 0 saturated heterocycles. The van der Waals surface area contributed by atoms with Crippen molar-refractivity contribution in [2.45, 2.75) is 18.7 Å². The lowest BCUT2D eigenvalue weighted by Crippen LogP contribution is -2.43. The van der Waals surface area contributed by atoms with E-state index in [1.807, 2.05) is 12.3 Å². The third-order valence-electron chi connectivity index (χ3n) is 3.56. The molecular formula is C16H18ClN3O3S. The molecule has 0 heterocycles. The summed E-state index contributed by atoms with van der Waals surface area (Å²) in [5, 5.41) is 0.407. The highest BCUT2D eigenvalue weighted by Gasteiger charge is 2.28. The number of nitrogens with zero attached hydrogens (tertiary/aromatic N) is 1. The monoisotopic (exact) mass is 367 g/mol. The molecule has 0 aromatic heterocycles. The Morgan fingerprint density at radius 2 is 1.79 bits per heavy atom. The first-order valence-electron chi connectivity index (χ1n) is 7.11. The van der Waals surface area contributed by atoms with Crippen molar-refractivity contribution in [1.82, 2.24) is 5.43 Å². The largest absolute Gasteiger partial charge is 0.293 e. The second kappa shape index (κ2) is 7.21. The predicted molar refractivity (Wildman–Crippen MR) is 94.2 cm³/mol. The Kier molecular flexibility index (Phi) is 5.48. The molecule has 3 N–H and O–H groups in total. The van der Waals surface area contributed by atoms with Crippen molar-refractivity contribution in [3.8, 4) is 0 Å². The van der Waals surface area contributed by atoms with Gasteiger partial charge in [0.2, 0.25) is 0 Å². The first-order chi connectivity index (χ1) is 11.3. The minimum atomic E-state index is -3.96. The molecule has 0 aliphatic heterocycles. The number of aryl methyl sites for hydroxylation is 1. The molecule has 0 atom stereocenters. The normalized spacial score (nSPS) is 11.2. The van der Waals surface area contributed by atoms with Gasteiger partial charge in [0, 0.05) is 5.02 Å². The minimum absolute atomic E-state index is 0.0808. The second-order valence-corrected chi connectivity index (χ2v) is 7.55. The molecule has 0 radical (unpaired) electrons. The number of nitrogens with two attached hydrogens (primary N) is 1. The van der Waals surface area contributed by atoms with Crippen LogP contribution in [-0.4, -0.2) is 20.9 Å². The Morgan fingerprint density at radius 1 is 1.17 bits per heavy atom. The summed E-state index contributed by atoms with van der Waals surface area (Å²) in [6.45, 7) is 3.10. The van der Waals surface area contributed by atoms with E-state index in [-0.39, 0.29) is 4.90 Å². The van der Waals surface area contributed by atoms with E-state index in [2.05, 4.69) is 0 Å². The van der Waals surface area contributed by atoms with Crippen LogP contribution in [0.1, 0.15) is 11.1 Å². The highest BCUT2D eigenvalue weighted by atomic mass is 35.5. The fourth-order valence-electron chi connectivity index (χ4n) is 2.18. The van der Waals surface area contributed by atoms with Gasteiger partial charge >= 0.3 is 0 Å². The van der Waals surface area contributed by atoms with Crippen LogP contribution in [0.25, 0.3) is 0 Å². The van der Waals surface area contributed by atoms with Gasteiger partial charge in [0.1, 0.15) is 6.54 Å². The minimum Gasteiger partial charge on any atom is -0.293 e. The molecule has 0 aliphatic carbocycles. The molecule has 0 saturated carbocycles. The number of hydrogen-bond acceptors (Lipinski definition) is 4. The Bertz CT molecular complexity index is 851. The average molecular weight is 368 g/mol. The van der Waals surface area contributed by atoms with Gasteiger partial charge in [-0.05, 0) is 43.7 Å². The van der Waals surface area contributed by atoms with E-state index < -0.39 is 22.5 Å². The fraction of sp³-hybridized carbons (Fsp3) is 0.188. The fourth-order valence-corrected chi connectivity index (χ4v) is 3.83. The quantitative estimate of drug-likeness (QED) is 0.481. The molecule has 0 unspecified atom stereocenters. The Hall–Kier alpha value is -2.09. The van der Waals surface area contributed by atoms with E-state index in [1.165, 1.54) is 12.1 Å². The number of rotatable bonds is 5.